The third-order valence-corrected chi connectivity index (χ3v) is 5.71. The maximum atomic E-state index is 12.3. The Morgan fingerprint density at radius 3 is 2.81 bits per heavy atom. The van der Waals surface area contributed by atoms with Crippen LogP contribution in [0.3, 0.4) is 0 Å². The van der Waals surface area contributed by atoms with Crippen molar-refractivity contribution in [3.63, 3.8) is 0 Å². The molecule has 0 bridgehead atoms. The van der Waals surface area contributed by atoms with Gasteiger partial charge in [0, 0.05) is 23.2 Å². The molecule has 0 saturated carbocycles. The molecule has 0 saturated heterocycles. The fraction of sp³-hybridized carbons (Fsp3) is 0.111. The Kier molecular flexibility index (Phi) is 4.68. The highest BCUT2D eigenvalue weighted by Gasteiger charge is 2.08. The van der Waals surface area contributed by atoms with Gasteiger partial charge in [0.15, 0.2) is 4.34 Å². The first-order chi connectivity index (χ1) is 12.7. The summed E-state index contributed by atoms with van der Waals surface area (Å²) in [5.41, 5.74) is 3.18. The van der Waals surface area contributed by atoms with E-state index in [1.54, 1.807) is 10.5 Å². The topological polar surface area (TPSA) is 72.2 Å². The average Bonchev–Trinajstić information content (AvgIpc) is 3.08. The maximum Gasteiger partial charge on any atom is 0.258 e. The van der Waals surface area contributed by atoms with Crippen LogP contribution in [0.5, 0.6) is 0 Å². The Labute approximate surface area is 158 Å². The van der Waals surface area contributed by atoms with Crippen LogP contribution in [0.15, 0.2) is 63.7 Å². The second-order valence-corrected chi connectivity index (χ2v) is 7.80. The van der Waals surface area contributed by atoms with Crippen LogP contribution in [0.25, 0.3) is 5.65 Å². The number of anilines is 2. The number of hydrogen-bond donors (Lipinski definition) is 1. The van der Waals surface area contributed by atoms with E-state index in [1.165, 1.54) is 23.1 Å². The van der Waals surface area contributed by atoms with E-state index in [0.717, 1.165) is 26.5 Å². The summed E-state index contributed by atoms with van der Waals surface area (Å²) in [6, 6.07) is 17.1. The zero-order valence-corrected chi connectivity index (χ0v) is 15.5. The van der Waals surface area contributed by atoms with Crippen molar-refractivity contribution in [1.29, 1.82) is 0 Å². The Morgan fingerprint density at radius 2 is 1.96 bits per heavy atom. The van der Waals surface area contributed by atoms with Gasteiger partial charge in [0.2, 0.25) is 5.13 Å². The van der Waals surface area contributed by atoms with Gasteiger partial charge in [-0.05, 0) is 31.2 Å². The molecule has 8 heteroatoms. The van der Waals surface area contributed by atoms with Gasteiger partial charge in [-0.3, -0.25) is 9.20 Å². The molecule has 3 heterocycles. The van der Waals surface area contributed by atoms with Crippen LogP contribution >= 0.6 is 23.1 Å². The number of para-hydroxylation sites is 1. The second kappa shape index (κ2) is 7.27. The van der Waals surface area contributed by atoms with Gasteiger partial charge in [-0.25, -0.2) is 4.98 Å². The molecule has 4 rings (SSSR count). The van der Waals surface area contributed by atoms with Gasteiger partial charge in [0.1, 0.15) is 5.65 Å². The fourth-order valence-electron chi connectivity index (χ4n) is 2.54. The number of nitrogens with one attached hydrogen (secondary N) is 1. The number of benzene rings is 1. The number of fused-ring (bicyclic) bond motifs is 1. The first kappa shape index (κ1) is 16.7. The van der Waals surface area contributed by atoms with Gasteiger partial charge in [-0.1, -0.05) is 47.4 Å². The lowest BCUT2D eigenvalue weighted by Gasteiger charge is -2.05. The predicted molar refractivity (Wildman–Crippen MR) is 105 cm³/mol. The first-order valence-electron chi connectivity index (χ1n) is 7.96. The summed E-state index contributed by atoms with van der Waals surface area (Å²) in [5, 5.41) is 12.3. The van der Waals surface area contributed by atoms with Crippen LogP contribution in [0, 0.1) is 6.92 Å². The van der Waals surface area contributed by atoms with Crippen molar-refractivity contribution in [3.8, 4) is 0 Å². The first-order valence-corrected chi connectivity index (χ1v) is 9.76. The molecule has 0 spiro atoms. The predicted octanol–water partition coefficient (Wildman–Crippen LogP) is 3.89. The van der Waals surface area contributed by atoms with Crippen molar-refractivity contribution in [2.45, 2.75) is 17.0 Å². The molecule has 0 amide bonds. The monoisotopic (exact) mass is 381 g/mol. The van der Waals surface area contributed by atoms with E-state index in [0.29, 0.717) is 11.4 Å². The third kappa shape index (κ3) is 3.61. The molecule has 6 nitrogen and oxygen atoms in total. The van der Waals surface area contributed by atoms with Gasteiger partial charge in [-0.15, -0.1) is 10.2 Å². The normalized spacial score (nSPS) is 11.0. The number of aryl methyl sites for hydroxylation is 1. The van der Waals surface area contributed by atoms with Crippen LogP contribution in [0.2, 0.25) is 0 Å². The van der Waals surface area contributed by atoms with Gasteiger partial charge in [0.25, 0.3) is 5.56 Å². The van der Waals surface area contributed by atoms with E-state index in [1.807, 2.05) is 55.5 Å². The molecule has 26 heavy (non-hydrogen) atoms. The minimum atomic E-state index is -0.0626. The van der Waals surface area contributed by atoms with E-state index in [2.05, 4.69) is 20.5 Å². The Hall–Kier alpha value is -2.71. The second-order valence-electron chi connectivity index (χ2n) is 5.60. The average molecular weight is 381 g/mol. The highest BCUT2D eigenvalue weighted by molar-refractivity contribution is 8.00. The molecule has 0 aliphatic carbocycles. The van der Waals surface area contributed by atoms with Crippen molar-refractivity contribution < 1.29 is 0 Å². The van der Waals surface area contributed by atoms with Crippen molar-refractivity contribution in [2.75, 3.05) is 5.32 Å². The molecule has 0 unspecified atom stereocenters. The lowest BCUT2D eigenvalue weighted by molar-refractivity contribution is 0.967. The molecule has 0 aliphatic rings. The van der Waals surface area contributed by atoms with Crippen LogP contribution in [0.4, 0.5) is 10.8 Å². The molecule has 0 atom stereocenters. The summed E-state index contributed by atoms with van der Waals surface area (Å²) in [7, 11) is 0. The van der Waals surface area contributed by atoms with Gasteiger partial charge < -0.3 is 5.32 Å². The van der Waals surface area contributed by atoms with Crippen LogP contribution < -0.4 is 10.9 Å². The number of hydrogen-bond acceptors (Lipinski definition) is 7. The Bertz CT molecular complexity index is 1110. The largest absolute Gasteiger partial charge is 0.330 e. The summed E-state index contributed by atoms with van der Waals surface area (Å²) >= 11 is 3.00. The standard InChI is InChI=1S/C18H15N5OS2/c1-12-6-5-9-15-19-14(10-16(24)23(12)15)11-25-18-22-21-17(26-18)20-13-7-3-2-4-8-13/h2-10H,11H2,1H3,(H,20,21). The van der Waals surface area contributed by atoms with Gasteiger partial charge >= 0.3 is 0 Å². The molecule has 1 aromatic carbocycles. The molecule has 0 fully saturated rings. The maximum absolute atomic E-state index is 12.3. The van der Waals surface area contributed by atoms with Crippen molar-refractivity contribution in [2.24, 2.45) is 0 Å². The third-order valence-electron chi connectivity index (χ3n) is 3.71. The van der Waals surface area contributed by atoms with E-state index in [-0.39, 0.29) is 5.56 Å². The molecule has 0 aliphatic heterocycles. The minimum Gasteiger partial charge on any atom is -0.330 e. The molecule has 3 aromatic heterocycles. The van der Waals surface area contributed by atoms with Crippen molar-refractivity contribution >= 4 is 39.6 Å². The Balaban J connectivity index is 1.48. The van der Waals surface area contributed by atoms with E-state index in [9.17, 15) is 4.79 Å². The summed E-state index contributed by atoms with van der Waals surface area (Å²) in [6.45, 7) is 1.90. The number of pyridine rings is 1. The van der Waals surface area contributed by atoms with E-state index in [4.69, 9.17) is 0 Å². The molecule has 0 radical (unpaired) electrons. The number of nitrogens with zero attached hydrogens (tertiary/aromatic N) is 4. The SMILES string of the molecule is Cc1cccc2nc(CSc3nnc(Nc4ccccc4)s3)cc(=O)n12. The van der Waals surface area contributed by atoms with Crippen molar-refractivity contribution in [1.82, 2.24) is 19.6 Å². The lowest BCUT2D eigenvalue weighted by atomic mass is 10.3. The van der Waals surface area contributed by atoms with E-state index < -0.39 is 0 Å². The van der Waals surface area contributed by atoms with Crippen LogP contribution in [-0.4, -0.2) is 19.6 Å². The number of aromatic nitrogens is 4. The van der Waals surface area contributed by atoms with Gasteiger partial charge in [0.05, 0.1) is 5.69 Å². The highest BCUT2D eigenvalue weighted by Crippen LogP contribution is 2.29. The summed E-state index contributed by atoms with van der Waals surface area (Å²) in [4.78, 5) is 16.9. The minimum absolute atomic E-state index is 0.0626. The van der Waals surface area contributed by atoms with Crippen LogP contribution in [-0.2, 0) is 5.75 Å². The zero-order chi connectivity index (χ0) is 17.9. The molecule has 1 N–H and O–H groups in total. The van der Waals surface area contributed by atoms with E-state index >= 15 is 0 Å². The van der Waals surface area contributed by atoms with Gasteiger partial charge in [-0.2, -0.15) is 0 Å². The fourth-order valence-corrected chi connectivity index (χ4v) is 4.20. The van der Waals surface area contributed by atoms with Crippen molar-refractivity contribution in [3.05, 3.63) is 76.3 Å². The zero-order valence-electron chi connectivity index (χ0n) is 13.9. The number of thioether (sulfide) groups is 1. The molecular formula is C18H15N5OS2. The lowest BCUT2D eigenvalue weighted by Crippen LogP contribution is -2.17. The molecular weight excluding hydrogens is 366 g/mol. The molecule has 130 valence electrons. The summed E-state index contributed by atoms with van der Waals surface area (Å²) in [6.07, 6.45) is 0. The summed E-state index contributed by atoms with van der Waals surface area (Å²) in [5.74, 6) is 0.569. The highest BCUT2D eigenvalue weighted by atomic mass is 32.2. The Morgan fingerprint density at radius 1 is 1.12 bits per heavy atom. The smallest absolute Gasteiger partial charge is 0.258 e. The summed E-state index contributed by atoms with van der Waals surface area (Å²) < 4.78 is 2.44. The van der Waals surface area contributed by atoms with Crippen LogP contribution in [0.1, 0.15) is 11.4 Å². The quantitative estimate of drug-likeness (QED) is 0.529. The number of rotatable bonds is 5. The molecule has 4 aromatic rings.